The number of nitrogens with zero attached hydrogens (tertiary/aromatic N) is 1. The summed E-state index contributed by atoms with van der Waals surface area (Å²) in [4.78, 5) is 27.4. The van der Waals surface area contributed by atoms with Crippen LogP contribution in [0.3, 0.4) is 0 Å². The Morgan fingerprint density at radius 1 is 1.20 bits per heavy atom. The van der Waals surface area contributed by atoms with Gasteiger partial charge in [0, 0.05) is 12.5 Å². The van der Waals surface area contributed by atoms with Gasteiger partial charge >= 0.3 is 0 Å². The fourth-order valence-corrected chi connectivity index (χ4v) is 3.60. The summed E-state index contributed by atoms with van der Waals surface area (Å²) in [6.45, 7) is 12.8. The molecule has 0 bridgehead atoms. The lowest BCUT2D eigenvalue weighted by atomic mass is 9.93. The maximum atomic E-state index is 13.0. The van der Waals surface area contributed by atoms with Crippen molar-refractivity contribution in [2.24, 2.45) is 17.8 Å². The molecule has 1 aliphatic heterocycles. The van der Waals surface area contributed by atoms with Crippen LogP contribution in [-0.4, -0.2) is 29.3 Å². The molecule has 2 amide bonds. The topological polar surface area (TPSA) is 49.4 Å². The van der Waals surface area contributed by atoms with Crippen molar-refractivity contribution in [3.63, 3.8) is 0 Å². The van der Waals surface area contributed by atoms with Crippen LogP contribution in [0.2, 0.25) is 0 Å². The molecule has 138 valence electrons. The van der Waals surface area contributed by atoms with E-state index in [1.54, 1.807) is 4.90 Å². The molecule has 1 aromatic rings. The number of carbonyl (C=O) groups excluding carboxylic acids is 2. The Morgan fingerprint density at radius 2 is 1.80 bits per heavy atom. The second-order valence-electron chi connectivity index (χ2n) is 7.81. The number of likely N-dealkylation sites (tertiary alicyclic amines) is 1. The summed E-state index contributed by atoms with van der Waals surface area (Å²) in [5.41, 5.74) is 2.32. The molecule has 1 heterocycles. The van der Waals surface area contributed by atoms with Crippen molar-refractivity contribution in [1.29, 1.82) is 0 Å². The lowest BCUT2D eigenvalue weighted by molar-refractivity contribution is -0.141. The van der Waals surface area contributed by atoms with E-state index in [1.165, 1.54) is 5.56 Å². The highest BCUT2D eigenvalue weighted by molar-refractivity contribution is 5.89. The first-order valence-corrected chi connectivity index (χ1v) is 9.43. The molecule has 2 rings (SSSR count). The van der Waals surface area contributed by atoms with E-state index in [0.29, 0.717) is 12.5 Å². The Kier molecular flexibility index (Phi) is 6.26. The van der Waals surface area contributed by atoms with Gasteiger partial charge in [-0.05, 0) is 30.7 Å². The number of benzene rings is 1. The fourth-order valence-electron chi connectivity index (χ4n) is 3.60. The summed E-state index contributed by atoms with van der Waals surface area (Å²) >= 11 is 0. The van der Waals surface area contributed by atoms with Gasteiger partial charge in [0.25, 0.3) is 0 Å². The number of aryl methyl sites for hydroxylation is 1. The minimum atomic E-state index is -0.371. The monoisotopic (exact) mass is 344 g/mol. The number of amides is 2. The van der Waals surface area contributed by atoms with Crippen LogP contribution in [0.1, 0.15) is 58.2 Å². The molecule has 0 aromatic heterocycles. The van der Waals surface area contributed by atoms with E-state index in [2.05, 4.69) is 57.3 Å². The molecule has 25 heavy (non-hydrogen) atoms. The van der Waals surface area contributed by atoms with Crippen molar-refractivity contribution in [3.8, 4) is 0 Å². The predicted molar refractivity (Wildman–Crippen MR) is 101 cm³/mol. The molecule has 4 nitrogen and oxygen atoms in total. The van der Waals surface area contributed by atoms with Crippen molar-refractivity contribution in [1.82, 2.24) is 10.2 Å². The van der Waals surface area contributed by atoms with Crippen LogP contribution in [0.4, 0.5) is 0 Å². The fraction of sp³-hybridized carbons (Fsp3) is 0.619. The summed E-state index contributed by atoms with van der Waals surface area (Å²) in [6, 6.07) is 7.89. The zero-order valence-corrected chi connectivity index (χ0v) is 16.4. The van der Waals surface area contributed by atoms with Crippen LogP contribution in [0.15, 0.2) is 24.3 Å². The van der Waals surface area contributed by atoms with Gasteiger partial charge in [-0.25, -0.2) is 0 Å². The SMILES string of the molecule is CCC(NC(=O)C1C(C)C(C)CN1C(=O)C(C)C)c1ccc(C)cc1. The smallest absolute Gasteiger partial charge is 0.243 e. The molecule has 0 spiro atoms. The first-order valence-electron chi connectivity index (χ1n) is 9.43. The first-order chi connectivity index (χ1) is 11.8. The number of hydrogen-bond acceptors (Lipinski definition) is 2. The molecule has 4 heteroatoms. The van der Waals surface area contributed by atoms with Gasteiger partial charge in [0.1, 0.15) is 6.04 Å². The molecular formula is C21H32N2O2. The van der Waals surface area contributed by atoms with Gasteiger partial charge in [-0.3, -0.25) is 9.59 Å². The third-order valence-corrected chi connectivity index (χ3v) is 5.47. The van der Waals surface area contributed by atoms with Crippen molar-refractivity contribution in [2.75, 3.05) is 6.54 Å². The highest BCUT2D eigenvalue weighted by Gasteiger charge is 2.44. The molecule has 1 N–H and O–H groups in total. The van der Waals surface area contributed by atoms with Crippen molar-refractivity contribution >= 4 is 11.8 Å². The lowest BCUT2D eigenvalue weighted by Crippen LogP contribution is -2.50. The van der Waals surface area contributed by atoms with Gasteiger partial charge < -0.3 is 10.2 Å². The van der Waals surface area contributed by atoms with Gasteiger partial charge in [-0.15, -0.1) is 0 Å². The molecule has 4 atom stereocenters. The first kappa shape index (κ1) is 19.5. The molecular weight excluding hydrogens is 312 g/mol. The minimum Gasteiger partial charge on any atom is -0.348 e. The molecule has 1 aromatic carbocycles. The van der Waals surface area contributed by atoms with Crippen LogP contribution in [0.5, 0.6) is 0 Å². The Labute approximate surface area is 152 Å². The van der Waals surface area contributed by atoms with Gasteiger partial charge in [0.15, 0.2) is 0 Å². The van der Waals surface area contributed by atoms with E-state index >= 15 is 0 Å². The molecule has 4 unspecified atom stereocenters. The second kappa shape index (κ2) is 8.03. The zero-order valence-electron chi connectivity index (χ0n) is 16.4. The van der Waals surface area contributed by atoms with Gasteiger partial charge in [-0.1, -0.05) is 64.4 Å². The van der Waals surface area contributed by atoms with E-state index in [4.69, 9.17) is 0 Å². The summed E-state index contributed by atoms with van der Waals surface area (Å²) in [7, 11) is 0. The lowest BCUT2D eigenvalue weighted by Gasteiger charge is -2.29. The van der Waals surface area contributed by atoms with Gasteiger partial charge in [0.2, 0.25) is 11.8 Å². The van der Waals surface area contributed by atoms with Crippen molar-refractivity contribution < 1.29 is 9.59 Å². The number of hydrogen-bond donors (Lipinski definition) is 1. The van der Waals surface area contributed by atoms with Crippen LogP contribution in [0, 0.1) is 24.7 Å². The third kappa shape index (κ3) is 4.23. The molecule has 1 saturated heterocycles. The highest BCUT2D eigenvalue weighted by atomic mass is 16.2. The Morgan fingerprint density at radius 3 is 2.32 bits per heavy atom. The molecule has 0 saturated carbocycles. The summed E-state index contributed by atoms with van der Waals surface area (Å²) in [6.07, 6.45) is 0.823. The largest absolute Gasteiger partial charge is 0.348 e. The normalized spacial score (nSPS) is 24.4. The van der Waals surface area contributed by atoms with E-state index in [9.17, 15) is 9.59 Å². The minimum absolute atomic E-state index is 0.0211. The van der Waals surface area contributed by atoms with Gasteiger partial charge in [-0.2, -0.15) is 0 Å². The van der Waals surface area contributed by atoms with E-state index in [0.717, 1.165) is 12.0 Å². The summed E-state index contributed by atoms with van der Waals surface area (Å²) in [5.74, 6) is 0.445. The van der Waals surface area contributed by atoms with Gasteiger partial charge in [0.05, 0.1) is 6.04 Å². The van der Waals surface area contributed by atoms with Crippen molar-refractivity contribution in [2.45, 2.75) is 60.0 Å². The van der Waals surface area contributed by atoms with Crippen LogP contribution in [-0.2, 0) is 9.59 Å². The van der Waals surface area contributed by atoms with Crippen molar-refractivity contribution in [3.05, 3.63) is 35.4 Å². The average molecular weight is 344 g/mol. The van der Waals surface area contributed by atoms with E-state index in [-0.39, 0.29) is 35.7 Å². The van der Waals surface area contributed by atoms with E-state index in [1.807, 2.05) is 13.8 Å². The quantitative estimate of drug-likeness (QED) is 0.885. The third-order valence-electron chi connectivity index (χ3n) is 5.47. The standard InChI is InChI=1S/C21H32N2O2/c1-7-18(17-10-8-14(4)9-11-17)22-20(24)19-16(6)15(5)12-23(19)21(25)13(2)3/h8-11,13,15-16,18-19H,7,12H2,1-6H3,(H,22,24). The maximum Gasteiger partial charge on any atom is 0.243 e. The Bertz CT molecular complexity index is 609. The highest BCUT2D eigenvalue weighted by Crippen LogP contribution is 2.31. The number of rotatable bonds is 5. The zero-order chi connectivity index (χ0) is 18.7. The number of nitrogens with one attached hydrogen (secondary N) is 1. The second-order valence-corrected chi connectivity index (χ2v) is 7.81. The van der Waals surface area contributed by atoms with Crippen LogP contribution >= 0.6 is 0 Å². The number of carbonyl (C=O) groups is 2. The van der Waals surface area contributed by atoms with Crippen LogP contribution in [0.25, 0.3) is 0 Å². The Hall–Kier alpha value is -1.84. The molecule has 0 radical (unpaired) electrons. The molecule has 1 fully saturated rings. The van der Waals surface area contributed by atoms with E-state index < -0.39 is 0 Å². The summed E-state index contributed by atoms with van der Waals surface area (Å²) in [5, 5.41) is 3.19. The summed E-state index contributed by atoms with van der Waals surface area (Å²) < 4.78 is 0. The average Bonchev–Trinajstić information content (AvgIpc) is 2.87. The predicted octanol–water partition coefficient (Wildman–Crippen LogP) is 3.70. The molecule has 1 aliphatic rings. The maximum absolute atomic E-state index is 13.0. The Balaban J connectivity index is 2.18. The van der Waals surface area contributed by atoms with Crippen LogP contribution < -0.4 is 5.32 Å². The molecule has 0 aliphatic carbocycles.